The molecular formula is C29H30F7IN6O3. The van der Waals surface area contributed by atoms with E-state index in [1.165, 1.54) is 6.92 Å². The van der Waals surface area contributed by atoms with Gasteiger partial charge in [-0.2, -0.15) is 23.1 Å². The van der Waals surface area contributed by atoms with E-state index in [9.17, 15) is 31.4 Å². The fourth-order valence-electron chi connectivity index (χ4n) is 6.36. The molecule has 1 aliphatic carbocycles. The second kappa shape index (κ2) is 11.4. The summed E-state index contributed by atoms with van der Waals surface area (Å²) in [5, 5.41) is 13.5. The highest BCUT2D eigenvalue weighted by Crippen LogP contribution is 2.62. The van der Waals surface area contributed by atoms with Gasteiger partial charge in [0, 0.05) is 35.5 Å². The van der Waals surface area contributed by atoms with Gasteiger partial charge in [0.15, 0.2) is 5.82 Å². The fraction of sp³-hybridized carbons (Fsp3) is 0.552. The molecule has 4 heterocycles. The summed E-state index contributed by atoms with van der Waals surface area (Å²) in [4.78, 5) is 14.7. The molecule has 5 atom stereocenters. The molecule has 2 aliphatic heterocycles. The van der Waals surface area contributed by atoms with Crippen LogP contribution in [0.5, 0.6) is 11.9 Å². The zero-order chi connectivity index (χ0) is 33.5. The summed E-state index contributed by atoms with van der Waals surface area (Å²) >= 11 is 2.24. The number of ether oxygens (including phenoxy) is 2. The molecule has 0 radical (unpaired) electrons. The predicted molar refractivity (Wildman–Crippen MR) is 163 cm³/mol. The summed E-state index contributed by atoms with van der Waals surface area (Å²) in [5.74, 6) is -6.05. The monoisotopic (exact) mass is 770 g/mol. The van der Waals surface area contributed by atoms with E-state index in [1.807, 2.05) is 4.90 Å². The number of piperazine rings is 1. The molecular weight excluding hydrogens is 740 g/mol. The number of alkyl halides is 6. The van der Waals surface area contributed by atoms with Crippen LogP contribution < -0.4 is 25.4 Å². The van der Waals surface area contributed by atoms with Gasteiger partial charge in [0.2, 0.25) is 5.88 Å². The van der Waals surface area contributed by atoms with E-state index in [-0.39, 0.29) is 23.1 Å². The highest BCUT2D eigenvalue weighted by atomic mass is 127. The lowest BCUT2D eigenvalue weighted by Crippen LogP contribution is -2.61. The molecule has 0 bridgehead atoms. The Balaban J connectivity index is 1.59. The topological polar surface area (TPSA) is 119 Å². The number of nitrogen functional groups attached to an aromatic ring is 1. The largest absolute Gasteiger partial charge is 0.472 e. The first kappa shape index (κ1) is 33.0. The van der Waals surface area contributed by atoms with Crippen molar-refractivity contribution in [2.75, 3.05) is 34.8 Å². The number of pyridine rings is 1. The van der Waals surface area contributed by atoms with Gasteiger partial charge in [-0.1, -0.05) is 22.6 Å². The van der Waals surface area contributed by atoms with E-state index in [0.717, 1.165) is 17.8 Å². The number of aliphatic hydroxyl groups excluding tert-OH is 1. The number of halogens is 8. The Hall–Kier alpha value is -2.93. The second-order valence-corrected chi connectivity index (χ2v) is 13.2. The normalized spacial score (nSPS) is 25.9. The molecule has 2 fully saturated rings. The van der Waals surface area contributed by atoms with E-state index in [4.69, 9.17) is 15.2 Å². The number of hydrogen-bond acceptors (Lipinski definition) is 9. The average Bonchev–Trinajstić information content (AvgIpc) is 3.59. The van der Waals surface area contributed by atoms with Gasteiger partial charge in [-0.25, -0.2) is 22.5 Å². The van der Waals surface area contributed by atoms with Crippen molar-refractivity contribution >= 4 is 45.0 Å². The van der Waals surface area contributed by atoms with Crippen molar-refractivity contribution in [2.24, 2.45) is 5.41 Å². The van der Waals surface area contributed by atoms with Crippen molar-refractivity contribution in [3.63, 3.8) is 0 Å². The van der Waals surface area contributed by atoms with Crippen LogP contribution in [0.2, 0.25) is 0 Å². The third-order valence-corrected chi connectivity index (χ3v) is 9.80. The molecule has 4 N–H and O–H groups in total. The molecule has 6 rings (SSSR count). The lowest BCUT2D eigenvalue weighted by Gasteiger charge is -2.42. The first-order chi connectivity index (χ1) is 21.5. The van der Waals surface area contributed by atoms with Gasteiger partial charge in [-0.3, -0.25) is 0 Å². The van der Waals surface area contributed by atoms with Crippen LogP contribution in [0.15, 0.2) is 6.07 Å². The van der Waals surface area contributed by atoms with Gasteiger partial charge in [-0.05, 0) is 38.8 Å². The van der Waals surface area contributed by atoms with Crippen LogP contribution in [0.3, 0.4) is 0 Å². The molecule has 4 unspecified atom stereocenters. The number of nitrogens with one attached hydrogen (secondary N) is 1. The fourth-order valence-corrected chi connectivity index (χ4v) is 7.12. The average molecular weight is 770 g/mol. The van der Waals surface area contributed by atoms with Gasteiger partial charge in [0.05, 0.1) is 28.8 Å². The summed E-state index contributed by atoms with van der Waals surface area (Å²) in [6.45, 7) is 3.85. The molecule has 46 heavy (non-hydrogen) atoms. The first-order valence-corrected chi connectivity index (χ1v) is 16.0. The number of nitrogens with two attached hydrogens (primary N) is 1. The van der Waals surface area contributed by atoms with E-state index >= 15 is 4.39 Å². The number of aliphatic hydroxyl groups is 1. The van der Waals surface area contributed by atoms with E-state index < -0.39 is 100 Å². The Morgan fingerprint density at radius 1 is 1.24 bits per heavy atom. The zero-order valence-corrected chi connectivity index (χ0v) is 26.9. The molecule has 0 amide bonds. The maximum atomic E-state index is 16.6. The summed E-state index contributed by atoms with van der Waals surface area (Å²) in [6.07, 6.45) is -7.12. The molecule has 3 aliphatic rings. The lowest BCUT2D eigenvalue weighted by atomic mass is 9.96. The molecule has 17 heteroatoms. The molecule has 0 spiro atoms. The number of fused-ring (bicyclic) bond motifs is 2. The van der Waals surface area contributed by atoms with Crippen molar-refractivity contribution in [3.05, 3.63) is 28.8 Å². The van der Waals surface area contributed by atoms with Crippen LogP contribution in [-0.2, 0) is 6.18 Å². The Labute approximate surface area is 272 Å². The first-order valence-electron chi connectivity index (χ1n) is 14.5. The van der Waals surface area contributed by atoms with Crippen molar-refractivity contribution in [3.8, 4) is 23.1 Å². The van der Waals surface area contributed by atoms with Gasteiger partial charge in [-0.15, -0.1) is 0 Å². The Kier molecular flexibility index (Phi) is 8.14. The standard InChI is InChI=1S/C29H30F7IN6O3/c1-11-19(29(34,35)36)15(6-16(38)20(11)30)22-21(31)23-18-24(42-26(41-23)45-10-27(13(3)44)9-28(27,32)33)43-8-14(4-5-37)39-7-17(43)12(2)46-25(18)40-22/h6,12-14,17,39,44H,4-5,7-10,38H2,1-3H3/t12-,13?,14?,17?,27?/m0/s1. The van der Waals surface area contributed by atoms with Crippen molar-refractivity contribution in [2.45, 2.75) is 70.0 Å². The number of rotatable bonds is 7. The maximum absolute atomic E-state index is 16.6. The van der Waals surface area contributed by atoms with E-state index in [2.05, 4.69) is 42.9 Å². The molecule has 3 aromatic rings. The molecule has 1 aromatic carbocycles. The van der Waals surface area contributed by atoms with Crippen molar-refractivity contribution in [1.82, 2.24) is 20.3 Å². The van der Waals surface area contributed by atoms with E-state index in [1.54, 1.807) is 6.92 Å². The minimum atomic E-state index is -5.13. The van der Waals surface area contributed by atoms with Crippen LogP contribution in [0, 0.1) is 24.0 Å². The molecule has 9 nitrogen and oxygen atoms in total. The van der Waals surface area contributed by atoms with Crippen LogP contribution >= 0.6 is 22.6 Å². The highest BCUT2D eigenvalue weighted by Gasteiger charge is 2.74. The Bertz CT molecular complexity index is 1710. The van der Waals surface area contributed by atoms with E-state index in [0.29, 0.717) is 19.2 Å². The van der Waals surface area contributed by atoms with Crippen LogP contribution in [0.25, 0.3) is 22.2 Å². The third kappa shape index (κ3) is 5.25. The molecule has 1 saturated carbocycles. The van der Waals surface area contributed by atoms with Crippen LogP contribution in [0.1, 0.15) is 37.8 Å². The van der Waals surface area contributed by atoms with Crippen molar-refractivity contribution < 1.29 is 45.3 Å². The number of anilines is 2. The minimum absolute atomic E-state index is 0.0171. The summed E-state index contributed by atoms with van der Waals surface area (Å²) in [7, 11) is 0. The van der Waals surface area contributed by atoms with Crippen LogP contribution in [0.4, 0.5) is 42.2 Å². The quantitative estimate of drug-likeness (QED) is 0.125. The highest BCUT2D eigenvalue weighted by molar-refractivity contribution is 14.1. The number of benzene rings is 1. The van der Waals surface area contributed by atoms with Gasteiger partial charge >= 0.3 is 12.2 Å². The Morgan fingerprint density at radius 3 is 2.54 bits per heavy atom. The second-order valence-electron chi connectivity index (χ2n) is 12.1. The predicted octanol–water partition coefficient (Wildman–Crippen LogP) is 5.42. The van der Waals surface area contributed by atoms with Crippen molar-refractivity contribution in [1.29, 1.82) is 0 Å². The maximum Gasteiger partial charge on any atom is 0.417 e. The zero-order valence-electron chi connectivity index (χ0n) is 24.8. The Morgan fingerprint density at radius 2 is 1.93 bits per heavy atom. The van der Waals surface area contributed by atoms with Gasteiger partial charge in [0.25, 0.3) is 5.92 Å². The minimum Gasteiger partial charge on any atom is -0.472 e. The SMILES string of the molecule is Cc1c(F)c(N)cc(-c2nc3c4c(nc(OCC5(C(C)O)CC5(F)F)nc4c2F)N2CC(CCI)NCC2[C@H](C)O3)c1C(F)(F)F. The number of aromatic nitrogens is 3. The third-order valence-electron chi connectivity index (χ3n) is 9.18. The molecule has 2 aromatic heterocycles. The van der Waals surface area contributed by atoms with Gasteiger partial charge < -0.3 is 30.5 Å². The lowest BCUT2D eigenvalue weighted by molar-refractivity contribution is -0.137. The number of nitrogens with zero attached hydrogens (tertiary/aromatic N) is 4. The summed E-state index contributed by atoms with van der Waals surface area (Å²) in [5.41, 5.74) is -1.46. The molecule has 1 saturated heterocycles. The number of hydrogen-bond donors (Lipinski definition) is 3. The summed E-state index contributed by atoms with van der Waals surface area (Å²) in [6, 6.07) is -0.312. The van der Waals surface area contributed by atoms with Gasteiger partial charge in [0.1, 0.15) is 40.9 Å². The van der Waals surface area contributed by atoms with Crippen LogP contribution in [-0.4, -0.2) is 74.4 Å². The summed E-state index contributed by atoms with van der Waals surface area (Å²) < 4.78 is 115. The molecule has 250 valence electrons. The smallest absolute Gasteiger partial charge is 0.417 e.